The molecule has 0 atom stereocenters. The highest BCUT2D eigenvalue weighted by atomic mass is 14.6. The summed E-state index contributed by atoms with van der Waals surface area (Å²) in [4.78, 5) is 4.33. The molecule has 0 bridgehead atoms. The monoisotopic (exact) mass is 246 g/mol. The molecule has 0 saturated heterocycles. The van der Waals surface area contributed by atoms with Gasteiger partial charge in [0.25, 0.3) is 0 Å². The molecule has 0 aliphatic carbocycles. The van der Waals surface area contributed by atoms with Crippen LogP contribution in [0.15, 0.2) is 73.1 Å². The SMILES string of the molecule is Nc1cccc(-c2cncc(-c3ccccc3)c2)c1. The van der Waals surface area contributed by atoms with Gasteiger partial charge in [0.05, 0.1) is 0 Å². The van der Waals surface area contributed by atoms with E-state index in [9.17, 15) is 0 Å². The van der Waals surface area contributed by atoms with Gasteiger partial charge in [0, 0.05) is 29.2 Å². The summed E-state index contributed by atoms with van der Waals surface area (Å²) in [7, 11) is 0. The number of nitrogens with zero attached hydrogens (tertiary/aromatic N) is 1. The Balaban J connectivity index is 2.06. The molecule has 0 aliphatic rings. The first-order chi connectivity index (χ1) is 9.33. The first-order valence-electron chi connectivity index (χ1n) is 6.19. The Morgan fingerprint density at radius 2 is 1.32 bits per heavy atom. The first-order valence-corrected chi connectivity index (χ1v) is 6.19. The van der Waals surface area contributed by atoms with Gasteiger partial charge in [-0.2, -0.15) is 0 Å². The highest BCUT2D eigenvalue weighted by molar-refractivity contribution is 5.73. The standard InChI is InChI=1S/C17H14N2/c18-17-8-4-7-14(10-17)16-9-15(11-19-12-16)13-5-2-1-3-6-13/h1-12H,18H2. The Hall–Kier alpha value is -2.61. The van der Waals surface area contributed by atoms with Crippen LogP contribution in [0.1, 0.15) is 0 Å². The van der Waals surface area contributed by atoms with E-state index < -0.39 is 0 Å². The number of aromatic nitrogens is 1. The smallest absolute Gasteiger partial charge is 0.0346 e. The van der Waals surface area contributed by atoms with Gasteiger partial charge in [-0.05, 0) is 29.3 Å². The molecule has 2 nitrogen and oxygen atoms in total. The van der Waals surface area contributed by atoms with Crippen LogP contribution >= 0.6 is 0 Å². The molecule has 2 N–H and O–H groups in total. The fourth-order valence-electron chi connectivity index (χ4n) is 2.10. The number of hydrogen-bond donors (Lipinski definition) is 1. The van der Waals surface area contributed by atoms with Gasteiger partial charge >= 0.3 is 0 Å². The van der Waals surface area contributed by atoms with E-state index in [4.69, 9.17) is 5.73 Å². The van der Waals surface area contributed by atoms with Crippen LogP contribution < -0.4 is 5.73 Å². The van der Waals surface area contributed by atoms with Gasteiger partial charge in [0.15, 0.2) is 0 Å². The predicted molar refractivity (Wildman–Crippen MR) is 79.5 cm³/mol. The molecule has 19 heavy (non-hydrogen) atoms. The molecule has 0 fully saturated rings. The van der Waals surface area contributed by atoms with Gasteiger partial charge in [-0.25, -0.2) is 0 Å². The third-order valence-electron chi connectivity index (χ3n) is 3.07. The highest BCUT2D eigenvalue weighted by Crippen LogP contribution is 2.25. The van der Waals surface area contributed by atoms with Crippen molar-refractivity contribution in [2.24, 2.45) is 0 Å². The number of anilines is 1. The second-order valence-electron chi connectivity index (χ2n) is 4.45. The molecule has 0 aliphatic heterocycles. The van der Waals surface area contributed by atoms with Crippen molar-refractivity contribution in [1.82, 2.24) is 4.98 Å². The van der Waals surface area contributed by atoms with Crippen LogP contribution in [0.4, 0.5) is 5.69 Å². The van der Waals surface area contributed by atoms with E-state index in [1.807, 2.05) is 54.9 Å². The van der Waals surface area contributed by atoms with E-state index in [1.54, 1.807) is 0 Å². The van der Waals surface area contributed by atoms with E-state index in [-0.39, 0.29) is 0 Å². The average Bonchev–Trinajstić information content (AvgIpc) is 2.48. The summed E-state index contributed by atoms with van der Waals surface area (Å²) in [5.74, 6) is 0. The molecule has 92 valence electrons. The van der Waals surface area contributed by atoms with Gasteiger partial charge in [-0.15, -0.1) is 0 Å². The van der Waals surface area contributed by atoms with Gasteiger partial charge < -0.3 is 5.73 Å². The normalized spacial score (nSPS) is 10.3. The summed E-state index contributed by atoms with van der Waals surface area (Å²) < 4.78 is 0. The van der Waals surface area contributed by atoms with Crippen molar-refractivity contribution < 1.29 is 0 Å². The van der Waals surface area contributed by atoms with Crippen molar-refractivity contribution in [2.75, 3.05) is 5.73 Å². The fraction of sp³-hybridized carbons (Fsp3) is 0. The molecule has 0 unspecified atom stereocenters. The molecule has 2 aromatic carbocycles. The van der Waals surface area contributed by atoms with Crippen LogP contribution in [0.25, 0.3) is 22.3 Å². The lowest BCUT2D eigenvalue weighted by Crippen LogP contribution is -1.87. The summed E-state index contributed by atoms with van der Waals surface area (Å²) in [6.07, 6.45) is 3.74. The zero-order valence-corrected chi connectivity index (χ0v) is 10.5. The zero-order valence-electron chi connectivity index (χ0n) is 10.5. The van der Waals surface area contributed by atoms with E-state index in [2.05, 4.69) is 23.2 Å². The number of benzene rings is 2. The lowest BCUT2D eigenvalue weighted by molar-refractivity contribution is 1.33. The quantitative estimate of drug-likeness (QED) is 0.694. The molecule has 1 heterocycles. The van der Waals surface area contributed by atoms with Gasteiger partial charge in [0.1, 0.15) is 0 Å². The van der Waals surface area contributed by atoms with E-state index in [1.165, 1.54) is 5.56 Å². The van der Waals surface area contributed by atoms with Crippen LogP contribution in [0.2, 0.25) is 0 Å². The lowest BCUT2D eigenvalue weighted by atomic mass is 10.0. The summed E-state index contributed by atoms with van der Waals surface area (Å²) in [5.41, 5.74) is 11.0. The molecule has 3 rings (SSSR count). The lowest BCUT2D eigenvalue weighted by Gasteiger charge is -2.06. The zero-order chi connectivity index (χ0) is 13.1. The number of rotatable bonds is 2. The van der Waals surface area contributed by atoms with Crippen LogP contribution in [0, 0.1) is 0 Å². The summed E-state index contributed by atoms with van der Waals surface area (Å²) in [6, 6.07) is 20.2. The second kappa shape index (κ2) is 4.94. The summed E-state index contributed by atoms with van der Waals surface area (Å²) >= 11 is 0. The average molecular weight is 246 g/mol. The van der Waals surface area contributed by atoms with Crippen LogP contribution in [-0.4, -0.2) is 4.98 Å². The van der Waals surface area contributed by atoms with E-state index in [0.717, 1.165) is 22.4 Å². The molecule has 0 radical (unpaired) electrons. The number of hydrogen-bond acceptors (Lipinski definition) is 2. The molecular weight excluding hydrogens is 232 g/mol. The van der Waals surface area contributed by atoms with Crippen LogP contribution in [-0.2, 0) is 0 Å². The fourth-order valence-corrected chi connectivity index (χ4v) is 2.10. The molecule has 0 amide bonds. The largest absolute Gasteiger partial charge is 0.399 e. The summed E-state index contributed by atoms with van der Waals surface area (Å²) in [6.45, 7) is 0. The molecule has 0 spiro atoms. The maximum absolute atomic E-state index is 5.82. The van der Waals surface area contributed by atoms with Crippen molar-refractivity contribution in [3.05, 3.63) is 73.1 Å². The highest BCUT2D eigenvalue weighted by Gasteiger charge is 2.02. The van der Waals surface area contributed by atoms with Crippen molar-refractivity contribution in [3.8, 4) is 22.3 Å². The maximum atomic E-state index is 5.82. The third kappa shape index (κ3) is 2.47. The van der Waals surface area contributed by atoms with Crippen LogP contribution in [0.5, 0.6) is 0 Å². The molecule has 2 heteroatoms. The molecule has 0 saturated carbocycles. The number of pyridine rings is 1. The summed E-state index contributed by atoms with van der Waals surface area (Å²) in [5, 5.41) is 0. The van der Waals surface area contributed by atoms with E-state index >= 15 is 0 Å². The first kappa shape index (κ1) is 11.5. The van der Waals surface area contributed by atoms with E-state index in [0.29, 0.717) is 0 Å². The predicted octanol–water partition coefficient (Wildman–Crippen LogP) is 4.00. The Labute approximate surface area is 112 Å². The maximum Gasteiger partial charge on any atom is 0.0346 e. The van der Waals surface area contributed by atoms with Crippen molar-refractivity contribution >= 4 is 5.69 Å². The Morgan fingerprint density at radius 3 is 2.05 bits per heavy atom. The minimum Gasteiger partial charge on any atom is -0.399 e. The minimum absolute atomic E-state index is 0.766. The minimum atomic E-state index is 0.766. The van der Waals surface area contributed by atoms with Gasteiger partial charge in [0.2, 0.25) is 0 Å². The van der Waals surface area contributed by atoms with Crippen molar-refractivity contribution in [1.29, 1.82) is 0 Å². The molecule has 3 aromatic rings. The number of nitrogen functional groups attached to an aromatic ring is 1. The van der Waals surface area contributed by atoms with Crippen molar-refractivity contribution in [3.63, 3.8) is 0 Å². The topological polar surface area (TPSA) is 38.9 Å². The van der Waals surface area contributed by atoms with Crippen LogP contribution in [0.3, 0.4) is 0 Å². The Morgan fingerprint density at radius 1 is 0.632 bits per heavy atom. The molecular formula is C17H14N2. The van der Waals surface area contributed by atoms with Crippen molar-refractivity contribution in [2.45, 2.75) is 0 Å². The van der Waals surface area contributed by atoms with Gasteiger partial charge in [-0.1, -0.05) is 42.5 Å². The second-order valence-corrected chi connectivity index (χ2v) is 4.45. The Kier molecular flexibility index (Phi) is 2.99. The third-order valence-corrected chi connectivity index (χ3v) is 3.07. The number of nitrogens with two attached hydrogens (primary N) is 1. The molecule has 1 aromatic heterocycles. The Bertz CT molecular complexity index is 690. The van der Waals surface area contributed by atoms with Gasteiger partial charge in [-0.3, -0.25) is 4.98 Å².